The average Bonchev–Trinajstić information content (AvgIpc) is 3.36. The lowest BCUT2D eigenvalue weighted by atomic mass is 10.0. The lowest BCUT2D eigenvalue weighted by Crippen LogP contribution is -2.05. The maximum absolute atomic E-state index is 12.3. The highest BCUT2D eigenvalue weighted by Crippen LogP contribution is 2.19. The molecule has 0 fully saturated rings. The summed E-state index contributed by atoms with van der Waals surface area (Å²) >= 11 is 0. The molecule has 0 aromatic carbocycles. The highest BCUT2D eigenvalue weighted by molar-refractivity contribution is 5.78. The first-order valence-electron chi connectivity index (χ1n) is 32.8. The molecule has 0 radical (unpaired) electrons. The average molecular weight is 986 g/mol. The molecule has 0 heterocycles. The van der Waals surface area contributed by atoms with E-state index in [2.05, 4.69) is 13.8 Å². The summed E-state index contributed by atoms with van der Waals surface area (Å²) in [6.07, 6.45) is 76.6. The van der Waals surface area contributed by atoms with Crippen LogP contribution in [0.2, 0.25) is 0 Å². The van der Waals surface area contributed by atoms with Gasteiger partial charge in [0.25, 0.3) is 0 Å². The van der Waals surface area contributed by atoms with Crippen LogP contribution in [0, 0.1) is 0 Å². The van der Waals surface area contributed by atoms with Crippen LogP contribution in [0.1, 0.15) is 399 Å². The summed E-state index contributed by atoms with van der Waals surface area (Å²) in [5, 5.41) is 0. The molecular formula is C66H128O4. The zero-order valence-electron chi connectivity index (χ0n) is 48.3. The van der Waals surface area contributed by atoms with Crippen molar-refractivity contribution in [1.82, 2.24) is 0 Å². The van der Waals surface area contributed by atoms with Gasteiger partial charge in [-0.1, -0.05) is 328 Å². The molecule has 4 nitrogen and oxygen atoms in total. The van der Waals surface area contributed by atoms with Gasteiger partial charge >= 0.3 is 5.97 Å². The molecule has 0 N–H and O–H groups in total. The van der Waals surface area contributed by atoms with E-state index in [0.29, 0.717) is 24.6 Å². The van der Waals surface area contributed by atoms with E-state index in [9.17, 15) is 14.4 Å². The Morgan fingerprint density at radius 3 is 0.557 bits per heavy atom. The molecule has 0 amide bonds. The first-order chi connectivity index (χ1) is 34.6. The fraction of sp³-hybridized carbons (Fsp3) is 0.955. The van der Waals surface area contributed by atoms with Gasteiger partial charge in [-0.2, -0.15) is 0 Å². The van der Waals surface area contributed by atoms with Gasteiger partial charge in [-0.3, -0.25) is 14.4 Å². The van der Waals surface area contributed by atoms with Crippen LogP contribution in [-0.4, -0.2) is 24.1 Å². The summed E-state index contributed by atoms with van der Waals surface area (Å²) in [6, 6.07) is 0. The molecule has 0 saturated heterocycles. The molecule has 0 aliphatic heterocycles. The number of carbonyl (C=O) groups excluding carboxylic acids is 3. The Kier molecular flexibility index (Phi) is 61.1. The number of ether oxygens (including phenoxy) is 1. The molecule has 0 aromatic heterocycles. The first kappa shape index (κ1) is 68.8. The number of ketones is 2. The van der Waals surface area contributed by atoms with Gasteiger partial charge in [0.15, 0.2) is 0 Å². The number of hydrogen-bond acceptors (Lipinski definition) is 4. The molecule has 0 aliphatic carbocycles. The van der Waals surface area contributed by atoms with E-state index < -0.39 is 0 Å². The summed E-state index contributed by atoms with van der Waals surface area (Å²) in [4.78, 5) is 36.8. The standard InChI is InChI=1S/C66H128O4/c1-3-5-7-9-11-13-15-17-19-21-22-24-26-28-32-36-41-47-54-60-65(68)61-55-49-43-39-44-50-56-62-66(69)70-63-57-51-45-38-34-30-29-33-37-42-48-53-59-64(67)58-52-46-40-35-31-27-25-23-20-18-16-14-12-10-8-6-4-2/h3-63H2,1-2H3. The van der Waals surface area contributed by atoms with E-state index in [1.165, 1.54) is 295 Å². The minimum absolute atomic E-state index is 0.0177. The highest BCUT2D eigenvalue weighted by atomic mass is 16.5. The Hall–Kier alpha value is -1.19. The van der Waals surface area contributed by atoms with E-state index in [1.807, 2.05) is 0 Å². The Labute approximate surface area is 440 Å². The van der Waals surface area contributed by atoms with Gasteiger partial charge < -0.3 is 4.74 Å². The Morgan fingerprint density at radius 2 is 0.357 bits per heavy atom. The lowest BCUT2D eigenvalue weighted by Gasteiger charge is -2.06. The normalized spacial score (nSPS) is 11.5. The van der Waals surface area contributed by atoms with Crippen molar-refractivity contribution in [3.8, 4) is 0 Å². The summed E-state index contributed by atoms with van der Waals surface area (Å²) < 4.78 is 5.50. The second-order valence-corrected chi connectivity index (χ2v) is 22.8. The van der Waals surface area contributed by atoms with Gasteiger partial charge in [-0.25, -0.2) is 0 Å². The molecule has 0 bridgehead atoms. The van der Waals surface area contributed by atoms with Crippen LogP contribution in [-0.2, 0) is 19.1 Å². The molecular weight excluding hydrogens is 857 g/mol. The smallest absolute Gasteiger partial charge is 0.305 e. The predicted molar refractivity (Wildman–Crippen MR) is 309 cm³/mol. The van der Waals surface area contributed by atoms with Gasteiger partial charge in [0.05, 0.1) is 6.61 Å². The first-order valence-corrected chi connectivity index (χ1v) is 32.8. The van der Waals surface area contributed by atoms with Crippen molar-refractivity contribution in [1.29, 1.82) is 0 Å². The molecule has 0 atom stereocenters. The van der Waals surface area contributed by atoms with Crippen LogP contribution in [0.25, 0.3) is 0 Å². The number of Topliss-reactive ketones (excluding diaryl/α,β-unsaturated/α-hetero) is 2. The van der Waals surface area contributed by atoms with Gasteiger partial charge in [-0.15, -0.1) is 0 Å². The van der Waals surface area contributed by atoms with Crippen molar-refractivity contribution in [3.05, 3.63) is 0 Å². The second-order valence-electron chi connectivity index (χ2n) is 22.8. The third-order valence-electron chi connectivity index (χ3n) is 15.6. The Morgan fingerprint density at radius 1 is 0.200 bits per heavy atom. The minimum atomic E-state index is -0.0177. The van der Waals surface area contributed by atoms with Crippen LogP contribution in [0.5, 0.6) is 0 Å². The summed E-state index contributed by atoms with van der Waals surface area (Å²) in [7, 11) is 0. The third-order valence-corrected chi connectivity index (χ3v) is 15.6. The van der Waals surface area contributed by atoms with Crippen molar-refractivity contribution in [2.45, 2.75) is 399 Å². The van der Waals surface area contributed by atoms with E-state index in [0.717, 1.165) is 83.5 Å². The minimum Gasteiger partial charge on any atom is -0.466 e. The number of rotatable bonds is 63. The van der Waals surface area contributed by atoms with Crippen LogP contribution < -0.4 is 0 Å². The maximum Gasteiger partial charge on any atom is 0.305 e. The SMILES string of the molecule is CCCCCCCCCCCCCCCCCCCCCC(=O)CCCCCCCCCC(=O)OCCCCCCCCCCCCCCC(=O)CCCCCCCCCCCCCCCCCCC. The summed E-state index contributed by atoms with van der Waals surface area (Å²) in [6.45, 7) is 5.18. The van der Waals surface area contributed by atoms with Crippen molar-refractivity contribution < 1.29 is 19.1 Å². The molecule has 0 spiro atoms. The maximum atomic E-state index is 12.3. The fourth-order valence-electron chi connectivity index (χ4n) is 10.6. The highest BCUT2D eigenvalue weighted by Gasteiger charge is 2.06. The zero-order valence-corrected chi connectivity index (χ0v) is 48.3. The van der Waals surface area contributed by atoms with Gasteiger partial charge in [0, 0.05) is 32.1 Å². The molecule has 0 aliphatic rings. The quantitative estimate of drug-likeness (QED) is 0.0450. The molecule has 0 rings (SSSR count). The number of hydrogen-bond donors (Lipinski definition) is 0. The van der Waals surface area contributed by atoms with Crippen molar-refractivity contribution >= 4 is 17.5 Å². The van der Waals surface area contributed by atoms with Crippen LogP contribution in [0.15, 0.2) is 0 Å². The number of carbonyl (C=O) groups is 3. The summed E-state index contributed by atoms with van der Waals surface area (Å²) in [5.41, 5.74) is 0. The van der Waals surface area contributed by atoms with Gasteiger partial charge in [0.2, 0.25) is 0 Å². The van der Waals surface area contributed by atoms with E-state index in [-0.39, 0.29) is 5.97 Å². The van der Waals surface area contributed by atoms with Crippen LogP contribution in [0.4, 0.5) is 0 Å². The van der Waals surface area contributed by atoms with E-state index in [1.54, 1.807) is 0 Å². The topological polar surface area (TPSA) is 60.4 Å². The third kappa shape index (κ3) is 61.1. The molecule has 416 valence electrons. The van der Waals surface area contributed by atoms with Crippen molar-refractivity contribution in [3.63, 3.8) is 0 Å². The zero-order chi connectivity index (χ0) is 50.6. The molecule has 0 saturated carbocycles. The monoisotopic (exact) mass is 985 g/mol. The van der Waals surface area contributed by atoms with Gasteiger partial charge in [0.1, 0.15) is 11.6 Å². The molecule has 0 unspecified atom stereocenters. The van der Waals surface area contributed by atoms with E-state index in [4.69, 9.17) is 4.74 Å². The van der Waals surface area contributed by atoms with Crippen LogP contribution >= 0.6 is 0 Å². The fourth-order valence-corrected chi connectivity index (χ4v) is 10.6. The predicted octanol–water partition coefficient (Wildman–Crippen LogP) is 23.1. The second kappa shape index (κ2) is 62.1. The number of unbranched alkanes of at least 4 members (excludes halogenated alkanes) is 51. The van der Waals surface area contributed by atoms with E-state index >= 15 is 0 Å². The molecule has 0 aromatic rings. The largest absolute Gasteiger partial charge is 0.466 e. The molecule has 70 heavy (non-hydrogen) atoms. The van der Waals surface area contributed by atoms with Gasteiger partial charge in [-0.05, 0) is 38.5 Å². The van der Waals surface area contributed by atoms with Crippen LogP contribution in [0.3, 0.4) is 0 Å². The van der Waals surface area contributed by atoms with Crippen molar-refractivity contribution in [2.75, 3.05) is 6.61 Å². The Bertz CT molecular complexity index is 1020. The lowest BCUT2D eigenvalue weighted by molar-refractivity contribution is -0.144. The summed E-state index contributed by atoms with van der Waals surface area (Å²) in [5.74, 6) is 0.962. The number of esters is 1. The molecule has 4 heteroatoms. The van der Waals surface area contributed by atoms with Crippen molar-refractivity contribution in [2.24, 2.45) is 0 Å². The Balaban J connectivity index is 3.26.